The smallest absolute Gasteiger partial charge is 0.127 e. The summed E-state index contributed by atoms with van der Waals surface area (Å²) in [6.45, 7) is 6.59. The zero-order valence-corrected chi connectivity index (χ0v) is 11.2. The van der Waals surface area contributed by atoms with Crippen LogP contribution in [0, 0.1) is 5.41 Å². The molecule has 1 aromatic rings. The minimum Gasteiger partial charge on any atom is -0.497 e. The van der Waals surface area contributed by atoms with Crippen molar-refractivity contribution in [3.8, 4) is 5.75 Å². The molecule has 0 heterocycles. The molecule has 2 nitrogen and oxygen atoms in total. The van der Waals surface area contributed by atoms with E-state index in [1.54, 1.807) is 7.11 Å². The number of methoxy groups -OCH3 is 1. The molecule has 0 N–H and O–H groups in total. The minimum atomic E-state index is 0.000121. The van der Waals surface area contributed by atoms with Crippen molar-refractivity contribution in [2.45, 2.75) is 39.5 Å². The van der Waals surface area contributed by atoms with E-state index in [9.17, 15) is 4.79 Å². The lowest BCUT2D eigenvalue weighted by molar-refractivity contribution is -0.109. The van der Waals surface area contributed by atoms with E-state index in [0.717, 1.165) is 30.4 Å². The summed E-state index contributed by atoms with van der Waals surface area (Å²) in [5, 5.41) is 0. The van der Waals surface area contributed by atoms with Crippen LogP contribution in [0.4, 0.5) is 0 Å². The van der Waals surface area contributed by atoms with Gasteiger partial charge in [0.2, 0.25) is 0 Å². The molecule has 2 heteroatoms. The Morgan fingerprint density at radius 1 is 1.24 bits per heavy atom. The van der Waals surface area contributed by atoms with E-state index in [1.165, 1.54) is 0 Å². The van der Waals surface area contributed by atoms with Gasteiger partial charge in [0.15, 0.2) is 0 Å². The fourth-order valence-electron chi connectivity index (χ4n) is 1.75. The average Bonchev–Trinajstić information content (AvgIpc) is 2.29. The van der Waals surface area contributed by atoms with Crippen molar-refractivity contribution in [1.29, 1.82) is 0 Å². The van der Waals surface area contributed by atoms with Crippen LogP contribution in [0.1, 0.15) is 45.1 Å². The lowest BCUT2D eigenvalue weighted by Crippen LogP contribution is -2.09. The highest BCUT2D eigenvalue weighted by molar-refractivity contribution is 5.62. The van der Waals surface area contributed by atoms with Gasteiger partial charge in [-0.3, -0.25) is 0 Å². The van der Waals surface area contributed by atoms with E-state index in [1.807, 2.05) is 24.3 Å². The standard InChI is InChI=1S/C15H22O2/c1-15(2,3)10-9-13(11-16)12-5-7-14(17-4)8-6-12/h5-8,11,13H,9-10H2,1-4H3. The molecule has 0 spiro atoms. The van der Waals surface area contributed by atoms with Gasteiger partial charge >= 0.3 is 0 Å². The van der Waals surface area contributed by atoms with E-state index in [-0.39, 0.29) is 11.3 Å². The Labute approximate surface area is 104 Å². The molecule has 1 atom stereocenters. The highest BCUT2D eigenvalue weighted by Gasteiger charge is 2.16. The predicted octanol–water partition coefficient (Wildman–Crippen LogP) is 3.80. The molecule has 17 heavy (non-hydrogen) atoms. The van der Waals surface area contributed by atoms with Gasteiger partial charge in [-0.2, -0.15) is 0 Å². The van der Waals surface area contributed by atoms with Crippen LogP contribution in [-0.2, 0) is 4.79 Å². The fraction of sp³-hybridized carbons (Fsp3) is 0.533. The highest BCUT2D eigenvalue weighted by atomic mass is 16.5. The van der Waals surface area contributed by atoms with Crippen molar-refractivity contribution in [2.75, 3.05) is 7.11 Å². The summed E-state index contributed by atoms with van der Waals surface area (Å²) in [6, 6.07) is 7.76. The molecule has 0 saturated carbocycles. The zero-order valence-electron chi connectivity index (χ0n) is 11.2. The van der Waals surface area contributed by atoms with Crippen LogP contribution in [0.25, 0.3) is 0 Å². The number of carbonyl (C=O) groups excluding carboxylic acids is 1. The second-order valence-corrected chi connectivity index (χ2v) is 5.62. The Kier molecular flexibility index (Phi) is 4.73. The molecule has 0 aliphatic heterocycles. The van der Waals surface area contributed by atoms with Crippen LogP contribution in [0.2, 0.25) is 0 Å². The second kappa shape index (κ2) is 5.85. The lowest BCUT2D eigenvalue weighted by atomic mass is 9.85. The van der Waals surface area contributed by atoms with E-state index >= 15 is 0 Å². The summed E-state index contributed by atoms with van der Waals surface area (Å²) in [5.74, 6) is 0.828. The molecular weight excluding hydrogens is 212 g/mol. The number of ether oxygens (including phenoxy) is 1. The summed E-state index contributed by atoms with van der Waals surface area (Å²) < 4.78 is 5.11. The molecule has 1 rings (SSSR count). The number of aldehydes is 1. The van der Waals surface area contributed by atoms with Gasteiger partial charge in [0.25, 0.3) is 0 Å². The molecule has 0 radical (unpaired) electrons. The van der Waals surface area contributed by atoms with Crippen LogP contribution in [0.5, 0.6) is 5.75 Å². The molecule has 1 aromatic carbocycles. The fourth-order valence-corrected chi connectivity index (χ4v) is 1.75. The molecule has 0 aromatic heterocycles. The van der Waals surface area contributed by atoms with Crippen molar-refractivity contribution < 1.29 is 9.53 Å². The van der Waals surface area contributed by atoms with Crippen molar-refractivity contribution in [3.05, 3.63) is 29.8 Å². The first-order chi connectivity index (χ1) is 7.96. The third-order valence-corrected chi connectivity index (χ3v) is 2.91. The van der Waals surface area contributed by atoms with Crippen molar-refractivity contribution in [3.63, 3.8) is 0 Å². The van der Waals surface area contributed by atoms with Crippen LogP contribution in [-0.4, -0.2) is 13.4 Å². The van der Waals surface area contributed by atoms with Crippen molar-refractivity contribution in [2.24, 2.45) is 5.41 Å². The van der Waals surface area contributed by atoms with E-state index in [2.05, 4.69) is 20.8 Å². The minimum absolute atomic E-state index is 0.000121. The molecule has 0 aliphatic rings. The van der Waals surface area contributed by atoms with E-state index < -0.39 is 0 Å². The Morgan fingerprint density at radius 2 is 1.82 bits per heavy atom. The molecule has 94 valence electrons. The molecule has 0 bridgehead atoms. The first-order valence-corrected chi connectivity index (χ1v) is 6.05. The Balaban J connectivity index is 2.69. The molecular formula is C15H22O2. The van der Waals surface area contributed by atoms with E-state index in [4.69, 9.17) is 4.74 Å². The van der Waals surface area contributed by atoms with E-state index in [0.29, 0.717) is 0 Å². The third kappa shape index (κ3) is 4.59. The predicted molar refractivity (Wildman–Crippen MR) is 70.5 cm³/mol. The SMILES string of the molecule is COc1ccc(C(C=O)CCC(C)(C)C)cc1. The quantitative estimate of drug-likeness (QED) is 0.724. The van der Waals surface area contributed by atoms with Crippen LogP contribution in [0.3, 0.4) is 0 Å². The normalized spacial score (nSPS) is 13.2. The van der Waals surface area contributed by atoms with Gasteiger partial charge in [0.05, 0.1) is 7.11 Å². The number of hydrogen-bond donors (Lipinski definition) is 0. The van der Waals surface area contributed by atoms with Gasteiger partial charge in [-0.15, -0.1) is 0 Å². The molecule has 0 fully saturated rings. The number of benzene rings is 1. The molecule has 0 amide bonds. The van der Waals surface area contributed by atoms with Crippen LogP contribution < -0.4 is 4.74 Å². The van der Waals surface area contributed by atoms with Gasteiger partial charge in [0, 0.05) is 5.92 Å². The Hall–Kier alpha value is -1.31. The molecule has 1 unspecified atom stereocenters. The first-order valence-electron chi connectivity index (χ1n) is 6.05. The van der Waals surface area contributed by atoms with Gasteiger partial charge in [-0.05, 0) is 36.0 Å². The van der Waals surface area contributed by atoms with Gasteiger partial charge in [0.1, 0.15) is 12.0 Å². The van der Waals surface area contributed by atoms with Crippen LogP contribution >= 0.6 is 0 Å². The van der Waals surface area contributed by atoms with Gasteiger partial charge in [-0.1, -0.05) is 32.9 Å². The van der Waals surface area contributed by atoms with Gasteiger partial charge in [-0.25, -0.2) is 0 Å². The zero-order chi connectivity index (χ0) is 12.9. The molecule has 0 saturated heterocycles. The summed E-state index contributed by atoms with van der Waals surface area (Å²) in [5.41, 5.74) is 1.35. The maximum atomic E-state index is 11.1. The Morgan fingerprint density at radius 3 is 2.24 bits per heavy atom. The first kappa shape index (κ1) is 13.8. The summed E-state index contributed by atoms with van der Waals surface area (Å²) in [7, 11) is 1.64. The second-order valence-electron chi connectivity index (χ2n) is 5.62. The maximum absolute atomic E-state index is 11.1. The van der Waals surface area contributed by atoms with Crippen molar-refractivity contribution in [1.82, 2.24) is 0 Å². The number of hydrogen-bond acceptors (Lipinski definition) is 2. The summed E-state index contributed by atoms with van der Waals surface area (Å²) in [4.78, 5) is 11.1. The Bertz CT molecular complexity index is 346. The molecule has 0 aliphatic carbocycles. The topological polar surface area (TPSA) is 26.3 Å². The van der Waals surface area contributed by atoms with Crippen molar-refractivity contribution >= 4 is 6.29 Å². The maximum Gasteiger partial charge on any atom is 0.127 e. The average molecular weight is 234 g/mol. The lowest BCUT2D eigenvalue weighted by Gasteiger charge is -2.20. The summed E-state index contributed by atoms with van der Waals surface area (Å²) >= 11 is 0. The monoisotopic (exact) mass is 234 g/mol. The largest absolute Gasteiger partial charge is 0.497 e. The van der Waals surface area contributed by atoms with Crippen LogP contribution in [0.15, 0.2) is 24.3 Å². The summed E-state index contributed by atoms with van der Waals surface area (Å²) in [6.07, 6.45) is 3.00. The van der Waals surface area contributed by atoms with Gasteiger partial charge < -0.3 is 9.53 Å². The number of rotatable bonds is 5. The number of carbonyl (C=O) groups is 1. The highest BCUT2D eigenvalue weighted by Crippen LogP contribution is 2.28. The third-order valence-electron chi connectivity index (χ3n) is 2.91.